The number of carbonyl (C=O) groups is 2. The van der Waals surface area contributed by atoms with Gasteiger partial charge in [-0.15, -0.1) is 0 Å². The molecular formula is C13H16Cl2N2O4S. The fourth-order valence-electron chi connectivity index (χ4n) is 2.03. The van der Waals surface area contributed by atoms with Gasteiger partial charge in [-0.2, -0.15) is 4.37 Å². The average molecular weight is 367 g/mol. The largest absolute Gasteiger partial charge is 0.447 e. The molecule has 0 aliphatic carbocycles. The van der Waals surface area contributed by atoms with E-state index < -0.39 is 12.1 Å². The second kappa shape index (κ2) is 8.10. The lowest BCUT2D eigenvalue weighted by Gasteiger charge is -2.17. The number of aromatic nitrogens is 1. The molecule has 22 heavy (non-hydrogen) atoms. The van der Waals surface area contributed by atoms with Crippen LogP contribution in [0.2, 0.25) is 9.36 Å². The molecule has 1 aliphatic heterocycles. The zero-order valence-electron chi connectivity index (χ0n) is 11.9. The van der Waals surface area contributed by atoms with E-state index in [0.29, 0.717) is 13.0 Å². The summed E-state index contributed by atoms with van der Waals surface area (Å²) in [5.74, 6) is -1.11. The van der Waals surface area contributed by atoms with E-state index in [1.165, 1.54) is 0 Å². The van der Waals surface area contributed by atoms with E-state index in [1.807, 2.05) is 0 Å². The fraction of sp³-hybridized carbons (Fsp3) is 0.615. The van der Waals surface area contributed by atoms with Crippen LogP contribution >= 0.6 is 34.7 Å². The third-order valence-electron chi connectivity index (χ3n) is 3.23. The van der Waals surface area contributed by atoms with Crippen molar-refractivity contribution in [1.29, 1.82) is 0 Å². The first-order valence-electron chi connectivity index (χ1n) is 6.93. The Morgan fingerprint density at radius 2 is 2.32 bits per heavy atom. The van der Waals surface area contributed by atoms with E-state index in [9.17, 15) is 9.59 Å². The molecule has 2 rings (SSSR count). The summed E-state index contributed by atoms with van der Waals surface area (Å²) < 4.78 is 14.6. The van der Waals surface area contributed by atoms with Gasteiger partial charge in [-0.05, 0) is 30.8 Å². The number of nitrogens with one attached hydrogen (secondary N) is 1. The van der Waals surface area contributed by atoms with Crippen LogP contribution in [0.25, 0.3) is 0 Å². The maximum atomic E-state index is 12.1. The van der Waals surface area contributed by atoms with Gasteiger partial charge in [0, 0.05) is 13.2 Å². The lowest BCUT2D eigenvalue weighted by molar-refractivity contribution is -0.130. The van der Waals surface area contributed by atoms with Crippen molar-refractivity contribution in [1.82, 2.24) is 9.69 Å². The summed E-state index contributed by atoms with van der Waals surface area (Å²) in [6.07, 6.45) is 1.40. The normalized spacial score (nSPS) is 19.0. The number of amides is 1. The van der Waals surface area contributed by atoms with E-state index in [1.54, 1.807) is 6.92 Å². The Bertz CT molecular complexity index is 546. The monoisotopic (exact) mass is 366 g/mol. The Morgan fingerprint density at radius 3 is 2.86 bits per heavy atom. The Balaban J connectivity index is 1.88. The third kappa shape index (κ3) is 4.32. The summed E-state index contributed by atoms with van der Waals surface area (Å²) in [6, 6.07) is 0. The lowest BCUT2D eigenvalue weighted by Crippen LogP contribution is -2.40. The molecule has 0 unspecified atom stereocenters. The van der Waals surface area contributed by atoms with Gasteiger partial charge in [-0.3, -0.25) is 4.79 Å². The second-order valence-corrected chi connectivity index (χ2v) is 6.55. The second-order valence-electron chi connectivity index (χ2n) is 4.80. The number of hydrogen-bond acceptors (Lipinski definition) is 6. The van der Waals surface area contributed by atoms with Gasteiger partial charge in [0.05, 0.1) is 6.10 Å². The van der Waals surface area contributed by atoms with Crippen LogP contribution in [-0.4, -0.2) is 41.6 Å². The number of carbonyl (C=O) groups excluding carboxylic acids is 2. The highest BCUT2D eigenvalue weighted by molar-refractivity contribution is 7.11. The highest BCUT2D eigenvalue weighted by Gasteiger charge is 2.26. The molecule has 2 heterocycles. The van der Waals surface area contributed by atoms with Crippen molar-refractivity contribution in [3.8, 4) is 0 Å². The topological polar surface area (TPSA) is 77.5 Å². The quantitative estimate of drug-likeness (QED) is 0.783. The van der Waals surface area contributed by atoms with Crippen LogP contribution in [0.15, 0.2) is 0 Å². The van der Waals surface area contributed by atoms with Gasteiger partial charge < -0.3 is 14.8 Å². The van der Waals surface area contributed by atoms with Crippen molar-refractivity contribution in [2.75, 3.05) is 13.2 Å². The van der Waals surface area contributed by atoms with Crippen LogP contribution in [0.1, 0.15) is 36.7 Å². The highest BCUT2D eigenvalue weighted by Crippen LogP contribution is 2.30. The minimum absolute atomic E-state index is 0.0314. The number of halogens is 2. The Kier molecular flexibility index (Phi) is 6.43. The molecular weight excluding hydrogens is 351 g/mol. The van der Waals surface area contributed by atoms with Gasteiger partial charge in [0.15, 0.2) is 11.8 Å². The molecule has 0 radical (unpaired) electrons. The van der Waals surface area contributed by atoms with Crippen molar-refractivity contribution < 1.29 is 19.1 Å². The zero-order valence-corrected chi connectivity index (χ0v) is 14.3. The molecule has 0 bridgehead atoms. The standard InChI is InChI=1S/C13H16Cl2N2O4S/c1-2-8(12(18)16-6-7-4-3-5-20-7)21-13(19)10-9(14)11(15)22-17-10/h7-8H,2-6H2,1H3,(H,16,18)/t7-,8-/m0/s1. The van der Waals surface area contributed by atoms with Gasteiger partial charge in [-0.25, -0.2) is 4.79 Å². The van der Waals surface area contributed by atoms with E-state index in [-0.39, 0.29) is 27.1 Å². The Labute approximate surface area is 142 Å². The summed E-state index contributed by atoms with van der Waals surface area (Å²) in [5.41, 5.74) is -0.0676. The van der Waals surface area contributed by atoms with Crippen LogP contribution in [0.5, 0.6) is 0 Å². The molecule has 6 nitrogen and oxygen atoms in total. The van der Waals surface area contributed by atoms with Crippen LogP contribution in [-0.2, 0) is 14.3 Å². The number of nitrogens with zero attached hydrogens (tertiary/aromatic N) is 1. The molecule has 1 amide bonds. The summed E-state index contributed by atoms with van der Waals surface area (Å²) in [6.45, 7) is 2.88. The van der Waals surface area contributed by atoms with Gasteiger partial charge in [0.1, 0.15) is 9.36 Å². The Hall–Kier alpha value is -0.890. The van der Waals surface area contributed by atoms with Crippen molar-refractivity contribution in [3.05, 3.63) is 15.1 Å². The van der Waals surface area contributed by atoms with E-state index in [2.05, 4.69) is 9.69 Å². The van der Waals surface area contributed by atoms with Gasteiger partial charge in [0.2, 0.25) is 0 Å². The maximum absolute atomic E-state index is 12.1. The summed E-state index contributed by atoms with van der Waals surface area (Å²) in [7, 11) is 0. The molecule has 1 aliphatic rings. The third-order valence-corrected chi connectivity index (χ3v) is 4.84. The van der Waals surface area contributed by atoms with Crippen molar-refractivity contribution in [2.24, 2.45) is 0 Å². The molecule has 0 spiro atoms. The van der Waals surface area contributed by atoms with E-state index in [0.717, 1.165) is 31.0 Å². The van der Waals surface area contributed by atoms with Crippen molar-refractivity contribution in [2.45, 2.75) is 38.4 Å². The predicted molar refractivity (Wildman–Crippen MR) is 83.6 cm³/mol. The zero-order chi connectivity index (χ0) is 16.1. The molecule has 1 saturated heterocycles. The van der Waals surface area contributed by atoms with Crippen molar-refractivity contribution in [3.63, 3.8) is 0 Å². The maximum Gasteiger partial charge on any atom is 0.360 e. The number of ether oxygens (including phenoxy) is 2. The van der Waals surface area contributed by atoms with Crippen molar-refractivity contribution >= 4 is 46.6 Å². The molecule has 1 aromatic rings. The first-order valence-corrected chi connectivity index (χ1v) is 8.46. The number of rotatable bonds is 6. The number of esters is 1. The first kappa shape index (κ1) is 17.5. The van der Waals surface area contributed by atoms with Crippen LogP contribution in [0, 0.1) is 0 Å². The number of hydrogen-bond donors (Lipinski definition) is 1. The van der Waals surface area contributed by atoms with Gasteiger partial charge in [0.25, 0.3) is 5.91 Å². The smallest absolute Gasteiger partial charge is 0.360 e. The van der Waals surface area contributed by atoms with Crippen LogP contribution < -0.4 is 5.32 Å². The summed E-state index contributed by atoms with van der Waals surface area (Å²) in [4.78, 5) is 24.1. The molecule has 1 N–H and O–H groups in total. The molecule has 9 heteroatoms. The lowest BCUT2D eigenvalue weighted by atomic mass is 10.2. The average Bonchev–Trinajstić information content (AvgIpc) is 3.13. The SMILES string of the molecule is CC[C@H](OC(=O)c1nsc(Cl)c1Cl)C(=O)NC[C@@H]1CCCO1. The summed E-state index contributed by atoms with van der Waals surface area (Å²) in [5, 5.41) is 2.78. The molecule has 122 valence electrons. The summed E-state index contributed by atoms with van der Waals surface area (Å²) >= 11 is 12.5. The predicted octanol–water partition coefficient (Wildman–Crippen LogP) is 2.68. The molecule has 1 aromatic heterocycles. The molecule has 2 atom stereocenters. The first-order chi connectivity index (χ1) is 10.5. The molecule has 0 saturated carbocycles. The fourth-order valence-corrected chi connectivity index (χ4v) is 3.01. The van der Waals surface area contributed by atoms with Gasteiger partial charge >= 0.3 is 5.97 Å². The Morgan fingerprint density at radius 1 is 1.55 bits per heavy atom. The van der Waals surface area contributed by atoms with Crippen LogP contribution in [0.4, 0.5) is 0 Å². The van der Waals surface area contributed by atoms with E-state index >= 15 is 0 Å². The minimum atomic E-state index is -0.898. The highest BCUT2D eigenvalue weighted by atomic mass is 35.5. The molecule has 1 fully saturated rings. The van der Waals surface area contributed by atoms with E-state index in [4.69, 9.17) is 32.7 Å². The minimum Gasteiger partial charge on any atom is -0.447 e. The van der Waals surface area contributed by atoms with Gasteiger partial charge in [-0.1, -0.05) is 30.1 Å². The molecule has 0 aromatic carbocycles. The van der Waals surface area contributed by atoms with Crippen LogP contribution in [0.3, 0.4) is 0 Å².